The zero-order valence-corrected chi connectivity index (χ0v) is 24.9. The molecule has 1 fully saturated rings. The highest BCUT2D eigenvalue weighted by Gasteiger charge is 2.42. The van der Waals surface area contributed by atoms with Crippen molar-refractivity contribution in [3.63, 3.8) is 0 Å². The predicted octanol–water partition coefficient (Wildman–Crippen LogP) is 8.53. The number of halogens is 1. The van der Waals surface area contributed by atoms with Gasteiger partial charge in [-0.3, -0.25) is 4.98 Å². The van der Waals surface area contributed by atoms with E-state index in [1.54, 1.807) is 0 Å². The number of nitrogens with zero attached hydrogens (tertiary/aromatic N) is 3. The van der Waals surface area contributed by atoms with Crippen molar-refractivity contribution in [3.05, 3.63) is 136 Å². The number of rotatable bonds is 6. The molecule has 5 aromatic rings. The van der Waals surface area contributed by atoms with E-state index in [9.17, 15) is 0 Å². The molecule has 5 nitrogen and oxygen atoms in total. The van der Waals surface area contributed by atoms with Crippen LogP contribution in [0, 0.1) is 20.8 Å². The molecule has 6 rings (SSSR count). The van der Waals surface area contributed by atoms with Crippen LogP contribution in [0.25, 0.3) is 5.69 Å². The maximum Gasteiger partial charge on any atom is 0.174 e. The Morgan fingerprint density at radius 1 is 0.850 bits per heavy atom. The van der Waals surface area contributed by atoms with E-state index in [1.807, 2.05) is 61.7 Å². The van der Waals surface area contributed by atoms with Crippen LogP contribution in [0.3, 0.4) is 0 Å². The minimum Gasteiger partial charge on any atom is -0.457 e. The number of pyridine rings is 1. The first-order valence-electron chi connectivity index (χ1n) is 13.2. The van der Waals surface area contributed by atoms with E-state index in [1.165, 1.54) is 11.3 Å². The number of hydrogen-bond acceptors (Lipinski definition) is 3. The molecule has 0 radical (unpaired) electrons. The van der Waals surface area contributed by atoms with Crippen LogP contribution < -0.4 is 15.0 Å². The van der Waals surface area contributed by atoms with Crippen LogP contribution in [0.15, 0.2) is 108 Å². The average molecular weight is 610 g/mol. The summed E-state index contributed by atoms with van der Waals surface area (Å²) in [7, 11) is 0. The lowest BCUT2D eigenvalue weighted by Crippen LogP contribution is -2.29. The fourth-order valence-corrected chi connectivity index (χ4v) is 6.11. The van der Waals surface area contributed by atoms with Gasteiger partial charge >= 0.3 is 0 Å². The van der Waals surface area contributed by atoms with Crippen molar-refractivity contribution in [2.75, 3.05) is 4.90 Å². The second kappa shape index (κ2) is 10.9. The quantitative estimate of drug-likeness (QED) is 0.196. The second-order valence-electron chi connectivity index (χ2n) is 10.00. The average Bonchev–Trinajstić information content (AvgIpc) is 3.46. The summed E-state index contributed by atoms with van der Waals surface area (Å²) < 4.78 is 9.52. The molecular formula is C33H29BrN4OS. The van der Waals surface area contributed by atoms with E-state index < -0.39 is 0 Å². The molecule has 0 bridgehead atoms. The topological polar surface area (TPSA) is 42.3 Å². The molecule has 3 aromatic carbocycles. The van der Waals surface area contributed by atoms with Crippen LogP contribution >= 0.6 is 28.1 Å². The van der Waals surface area contributed by atoms with Gasteiger partial charge in [-0.15, -0.1) is 0 Å². The van der Waals surface area contributed by atoms with Gasteiger partial charge in [-0.25, -0.2) is 0 Å². The summed E-state index contributed by atoms with van der Waals surface area (Å²) in [4.78, 5) is 6.92. The van der Waals surface area contributed by atoms with Crippen LogP contribution in [-0.2, 0) is 0 Å². The Morgan fingerprint density at radius 2 is 1.55 bits per heavy atom. The fourth-order valence-electron chi connectivity index (χ4n) is 5.50. The van der Waals surface area contributed by atoms with E-state index in [0.717, 1.165) is 44.3 Å². The molecule has 2 aromatic heterocycles. The Hall–Kier alpha value is -3.94. The SMILES string of the molecule is Cc1ccccc1Oc1ccc(N2C(=S)N[C@@H](c3ccccn3)[C@H]2c2cc(C)n(-c3ccc(Br)cc3)c2C)cc1. The summed E-state index contributed by atoms with van der Waals surface area (Å²) in [5.41, 5.74) is 7.68. The Morgan fingerprint density at radius 3 is 2.25 bits per heavy atom. The monoisotopic (exact) mass is 608 g/mol. The highest BCUT2D eigenvalue weighted by atomic mass is 79.9. The first-order chi connectivity index (χ1) is 19.4. The summed E-state index contributed by atoms with van der Waals surface area (Å²) in [5.74, 6) is 1.63. The van der Waals surface area contributed by atoms with Gasteiger partial charge in [0.1, 0.15) is 11.5 Å². The molecule has 200 valence electrons. The number of hydrogen-bond donors (Lipinski definition) is 1. The number of thiocarbonyl (C=S) groups is 1. The lowest BCUT2D eigenvalue weighted by Gasteiger charge is -2.28. The van der Waals surface area contributed by atoms with Gasteiger partial charge in [-0.05, 0) is 117 Å². The van der Waals surface area contributed by atoms with E-state index >= 15 is 0 Å². The van der Waals surface area contributed by atoms with Gasteiger partial charge in [-0.2, -0.15) is 0 Å². The predicted molar refractivity (Wildman–Crippen MR) is 169 cm³/mol. The van der Waals surface area contributed by atoms with Crippen molar-refractivity contribution in [2.45, 2.75) is 32.9 Å². The molecule has 3 heterocycles. The van der Waals surface area contributed by atoms with Crippen LogP contribution in [0.2, 0.25) is 0 Å². The van der Waals surface area contributed by atoms with Crippen molar-refractivity contribution in [2.24, 2.45) is 0 Å². The molecule has 0 unspecified atom stereocenters. The number of ether oxygens (including phenoxy) is 1. The van der Waals surface area contributed by atoms with Gasteiger partial charge in [0.2, 0.25) is 0 Å². The largest absolute Gasteiger partial charge is 0.457 e. The van der Waals surface area contributed by atoms with Crippen LogP contribution in [0.5, 0.6) is 11.5 Å². The first-order valence-corrected chi connectivity index (χ1v) is 14.4. The van der Waals surface area contributed by atoms with E-state index in [2.05, 4.69) is 93.1 Å². The van der Waals surface area contributed by atoms with E-state index in [4.69, 9.17) is 21.9 Å². The summed E-state index contributed by atoms with van der Waals surface area (Å²) in [5, 5.41) is 4.25. The molecule has 1 N–H and O–H groups in total. The standard InChI is InChI=1S/C33H29BrN4OS/c1-21-8-4-5-10-30(21)39-27-17-15-26(16-18-27)38-32(31(36-33(38)40)29-9-6-7-19-35-29)28-20-22(2)37(23(28)3)25-13-11-24(34)12-14-25/h4-20,31-32H,1-3H3,(H,36,40)/t31-,32+/m0/s1. The minimum absolute atomic E-state index is 0.0964. The molecule has 40 heavy (non-hydrogen) atoms. The molecule has 0 spiro atoms. The van der Waals surface area contributed by atoms with Crippen molar-refractivity contribution in [3.8, 4) is 17.2 Å². The Bertz CT molecular complexity index is 1670. The molecule has 0 saturated carbocycles. The number of nitrogens with one attached hydrogen (secondary N) is 1. The maximum absolute atomic E-state index is 6.17. The van der Waals surface area contributed by atoms with Crippen LogP contribution in [-0.4, -0.2) is 14.7 Å². The molecule has 1 saturated heterocycles. The lowest BCUT2D eigenvalue weighted by molar-refractivity contribution is 0.479. The molecule has 1 aliphatic heterocycles. The van der Waals surface area contributed by atoms with E-state index in [0.29, 0.717) is 5.11 Å². The normalized spacial score (nSPS) is 16.7. The smallest absolute Gasteiger partial charge is 0.174 e. The van der Waals surface area contributed by atoms with Gasteiger partial charge in [0, 0.05) is 33.4 Å². The summed E-state index contributed by atoms with van der Waals surface area (Å²) in [6.45, 7) is 6.38. The van der Waals surface area contributed by atoms with E-state index in [-0.39, 0.29) is 12.1 Å². The molecule has 7 heteroatoms. The third kappa shape index (κ3) is 4.91. The number of para-hydroxylation sites is 1. The number of anilines is 1. The molecular weight excluding hydrogens is 580 g/mol. The Kier molecular flexibility index (Phi) is 7.17. The molecule has 1 aliphatic rings. The van der Waals surface area contributed by atoms with Crippen molar-refractivity contribution < 1.29 is 4.74 Å². The van der Waals surface area contributed by atoms with Gasteiger partial charge < -0.3 is 19.5 Å². The third-order valence-corrected chi connectivity index (χ3v) is 8.25. The molecule has 0 aliphatic carbocycles. The number of aromatic nitrogens is 2. The Labute approximate surface area is 248 Å². The second-order valence-corrected chi connectivity index (χ2v) is 11.3. The van der Waals surface area contributed by atoms with Gasteiger partial charge in [0.25, 0.3) is 0 Å². The third-order valence-electron chi connectivity index (χ3n) is 7.41. The summed E-state index contributed by atoms with van der Waals surface area (Å²) in [6.07, 6.45) is 1.84. The van der Waals surface area contributed by atoms with Crippen molar-refractivity contribution in [1.29, 1.82) is 0 Å². The summed E-state index contributed by atoms with van der Waals surface area (Å²) in [6, 6.07) is 32.7. The van der Waals surface area contributed by atoms with Crippen molar-refractivity contribution >= 4 is 38.9 Å². The Balaban J connectivity index is 1.41. The lowest BCUT2D eigenvalue weighted by atomic mass is 9.96. The van der Waals surface area contributed by atoms with Gasteiger partial charge in [0.15, 0.2) is 5.11 Å². The molecule has 2 atom stereocenters. The highest BCUT2D eigenvalue weighted by molar-refractivity contribution is 9.10. The maximum atomic E-state index is 6.17. The van der Waals surface area contributed by atoms with Crippen molar-refractivity contribution in [1.82, 2.24) is 14.9 Å². The zero-order valence-electron chi connectivity index (χ0n) is 22.5. The highest BCUT2D eigenvalue weighted by Crippen LogP contribution is 2.44. The van der Waals surface area contributed by atoms with Gasteiger partial charge in [-0.1, -0.05) is 40.2 Å². The first kappa shape index (κ1) is 26.3. The number of aryl methyl sites for hydroxylation is 2. The summed E-state index contributed by atoms with van der Waals surface area (Å²) >= 11 is 9.53. The number of benzene rings is 3. The fraction of sp³-hybridized carbons (Fsp3) is 0.152. The van der Waals surface area contributed by atoms with Crippen LogP contribution in [0.1, 0.15) is 40.3 Å². The minimum atomic E-state index is -0.115. The molecule has 0 amide bonds. The van der Waals surface area contributed by atoms with Crippen LogP contribution in [0.4, 0.5) is 5.69 Å². The van der Waals surface area contributed by atoms with Gasteiger partial charge in [0.05, 0.1) is 17.8 Å². The zero-order chi connectivity index (χ0) is 27.8.